The fourth-order valence-electron chi connectivity index (χ4n) is 1.91. The monoisotopic (exact) mass is 239 g/mol. The first-order chi connectivity index (χ1) is 7.97. The van der Waals surface area contributed by atoms with E-state index in [1.54, 1.807) is 6.07 Å². The molecule has 0 bridgehead atoms. The Morgan fingerprint density at radius 3 is 2.82 bits per heavy atom. The van der Waals surface area contributed by atoms with Crippen LogP contribution in [0.25, 0.3) is 0 Å². The Hall–Kier alpha value is -1.42. The molecule has 0 spiro atoms. The molecule has 17 heavy (non-hydrogen) atoms. The highest BCUT2D eigenvalue weighted by Gasteiger charge is 2.10. The normalized spacial score (nSPS) is 12.7. The maximum atomic E-state index is 13.0. The van der Waals surface area contributed by atoms with Gasteiger partial charge in [0.15, 0.2) is 0 Å². The molecule has 0 aromatic heterocycles. The first-order valence-electron chi connectivity index (χ1n) is 5.62. The molecule has 94 valence electrons. The zero-order valence-corrected chi connectivity index (χ0v) is 10.2. The minimum atomic E-state index is -0.781. The van der Waals surface area contributed by atoms with Crippen molar-refractivity contribution in [3.8, 4) is 0 Å². The number of aliphatic carboxylic acids is 1. The van der Waals surface area contributed by atoms with E-state index in [9.17, 15) is 9.18 Å². The number of carboxylic acid groups (broad SMARTS) is 1. The van der Waals surface area contributed by atoms with Gasteiger partial charge in [-0.2, -0.15) is 0 Å². The molecule has 1 aromatic carbocycles. The van der Waals surface area contributed by atoms with Crippen LogP contribution in [0.2, 0.25) is 0 Å². The molecule has 0 aliphatic carbocycles. The number of hydrogen-bond donors (Lipinski definition) is 1. The van der Waals surface area contributed by atoms with Crippen molar-refractivity contribution in [2.45, 2.75) is 19.9 Å². The van der Waals surface area contributed by atoms with Gasteiger partial charge in [0, 0.05) is 19.5 Å². The van der Waals surface area contributed by atoms with E-state index in [1.165, 1.54) is 12.1 Å². The standard InChI is InChI=1S/C13H18FNO2/c1-10(6-13(16)17)8-15(2)9-11-4-3-5-12(14)7-11/h3-5,7,10H,6,8-9H2,1-2H3,(H,16,17). The molecule has 1 N–H and O–H groups in total. The van der Waals surface area contributed by atoms with Gasteiger partial charge in [0.1, 0.15) is 5.82 Å². The summed E-state index contributed by atoms with van der Waals surface area (Å²) >= 11 is 0. The highest BCUT2D eigenvalue weighted by molar-refractivity contribution is 5.66. The number of carbonyl (C=O) groups is 1. The topological polar surface area (TPSA) is 40.5 Å². The first kappa shape index (κ1) is 13.6. The Bertz CT molecular complexity index is 381. The van der Waals surface area contributed by atoms with Crippen LogP contribution in [-0.2, 0) is 11.3 Å². The lowest BCUT2D eigenvalue weighted by Gasteiger charge is -2.20. The summed E-state index contributed by atoms with van der Waals surface area (Å²) in [7, 11) is 1.91. The molecular formula is C13H18FNO2. The Balaban J connectivity index is 2.44. The Labute approximate surface area is 101 Å². The quantitative estimate of drug-likeness (QED) is 0.828. The van der Waals surface area contributed by atoms with Crippen LogP contribution in [0.5, 0.6) is 0 Å². The summed E-state index contributed by atoms with van der Waals surface area (Å²) in [5.41, 5.74) is 0.898. The molecular weight excluding hydrogens is 221 g/mol. The molecule has 3 nitrogen and oxygen atoms in total. The Kier molecular flexibility index (Phi) is 5.10. The molecule has 0 heterocycles. The van der Waals surface area contributed by atoms with Gasteiger partial charge in [0.25, 0.3) is 0 Å². The van der Waals surface area contributed by atoms with Crippen molar-refractivity contribution >= 4 is 5.97 Å². The number of benzene rings is 1. The van der Waals surface area contributed by atoms with E-state index in [4.69, 9.17) is 5.11 Å². The van der Waals surface area contributed by atoms with Gasteiger partial charge >= 0.3 is 5.97 Å². The largest absolute Gasteiger partial charge is 0.481 e. The predicted molar refractivity (Wildman–Crippen MR) is 64.2 cm³/mol. The summed E-state index contributed by atoms with van der Waals surface area (Å²) in [5, 5.41) is 8.65. The van der Waals surface area contributed by atoms with E-state index < -0.39 is 5.97 Å². The second-order valence-electron chi connectivity index (χ2n) is 4.53. The molecule has 0 amide bonds. The molecule has 0 saturated carbocycles. The first-order valence-corrected chi connectivity index (χ1v) is 5.62. The number of rotatable bonds is 6. The molecule has 4 heteroatoms. The van der Waals surface area contributed by atoms with Crippen molar-refractivity contribution in [3.05, 3.63) is 35.6 Å². The fourth-order valence-corrected chi connectivity index (χ4v) is 1.91. The van der Waals surface area contributed by atoms with Crippen LogP contribution in [0.3, 0.4) is 0 Å². The summed E-state index contributed by atoms with van der Waals surface area (Å²) in [6, 6.07) is 6.45. The van der Waals surface area contributed by atoms with Crippen molar-refractivity contribution in [1.29, 1.82) is 0 Å². The van der Waals surface area contributed by atoms with Gasteiger partial charge in [-0.3, -0.25) is 4.79 Å². The predicted octanol–water partition coefficient (Wildman–Crippen LogP) is 2.37. The van der Waals surface area contributed by atoms with Crippen LogP contribution in [0.4, 0.5) is 4.39 Å². The zero-order chi connectivity index (χ0) is 12.8. The lowest BCUT2D eigenvalue weighted by molar-refractivity contribution is -0.138. The number of halogens is 1. The zero-order valence-electron chi connectivity index (χ0n) is 10.2. The van der Waals surface area contributed by atoms with Gasteiger partial charge in [-0.25, -0.2) is 4.39 Å². The van der Waals surface area contributed by atoms with Crippen molar-refractivity contribution < 1.29 is 14.3 Å². The highest BCUT2D eigenvalue weighted by Crippen LogP contribution is 2.09. The Morgan fingerprint density at radius 1 is 1.53 bits per heavy atom. The van der Waals surface area contributed by atoms with Crippen LogP contribution in [0.1, 0.15) is 18.9 Å². The lowest BCUT2D eigenvalue weighted by Crippen LogP contribution is -2.25. The molecule has 1 atom stereocenters. The van der Waals surface area contributed by atoms with Crippen LogP contribution in [-0.4, -0.2) is 29.6 Å². The van der Waals surface area contributed by atoms with Gasteiger partial charge in [0.05, 0.1) is 0 Å². The van der Waals surface area contributed by atoms with Gasteiger partial charge < -0.3 is 10.0 Å². The van der Waals surface area contributed by atoms with E-state index in [-0.39, 0.29) is 18.2 Å². The Morgan fingerprint density at radius 2 is 2.24 bits per heavy atom. The van der Waals surface area contributed by atoms with Crippen molar-refractivity contribution in [3.63, 3.8) is 0 Å². The number of carboxylic acids is 1. The average molecular weight is 239 g/mol. The van der Waals surface area contributed by atoms with Crippen LogP contribution in [0, 0.1) is 11.7 Å². The van der Waals surface area contributed by atoms with E-state index in [2.05, 4.69) is 0 Å². The summed E-state index contributed by atoms with van der Waals surface area (Å²) in [6.45, 7) is 3.21. The van der Waals surface area contributed by atoms with E-state index in [1.807, 2.05) is 24.9 Å². The van der Waals surface area contributed by atoms with Crippen LogP contribution < -0.4 is 0 Å². The average Bonchev–Trinajstić information content (AvgIpc) is 2.14. The van der Waals surface area contributed by atoms with Gasteiger partial charge in [0.2, 0.25) is 0 Å². The third-order valence-corrected chi connectivity index (χ3v) is 2.49. The molecule has 0 radical (unpaired) electrons. The third-order valence-electron chi connectivity index (χ3n) is 2.49. The van der Waals surface area contributed by atoms with Crippen molar-refractivity contribution in [1.82, 2.24) is 4.90 Å². The van der Waals surface area contributed by atoms with E-state index in [0.717, 1.165) is 5.56 Å². The smallest absolute Gasteiger partial charge is 0.303 e. The minimum absolute atomic E-state index is 0.0889. The second-order valence-corrected chi connectivity index (χ2v) is 4.53. The second kappa shape index (κ2) is 6.35. The SMILES string of the molecule is CC(CC(=O)O)CN(C)Cc1cccc(F)c1. The van der Waals surface area contributed by atoms with E-state index >= 15 is 0 Å². The van der Waals surface area contributed by atoms with Crippen molar-refractivity contribution in [2.75, 3.05) is 13.6 Å². The summed E-state index contributed by atoms with van der Waals surface area (Å²) in [4.78, 5) is 12.5. The summed E-state index contributed by atoms with van der Waals surface area (Å²) in [6.07, 6.45) is 0.160. The summed E-state index contributed by atoms with van der Waals surface area (Å²) < 4.78 is 13.0. The van der Waals surface area contributed by atoms with Crippen LogP contribution in [0.15, 0.2) is 24.3 Å². The molecule has 0 aliphatic heterocycles. The number of nitrogens with zero attached hydrogens (tertiary/aromatic N) is 1. The molecule has 1 aromatic rings. The van der Waals surface area contributed by atoms with Gasteiger partial charge in [-0.05, 0) is 30.7 Å². The molecule has 0 saturated heterocycles. The minimum Gasteiger partial charge on any atom is -0.481 e. The third kappa shape index (κ3) is 5.45. The lowest BCUT2D eigenvalue weighted by atomic mass is 10.1. The fraction of sp³-hybridized carbons (Fsp3) is 0.462. The molecule has 1 rings (SSSR count). The van der Waals surface area contributed by atoms with Gasteiger partial charge in [-0.1, -0.05) is 19.1 Å². The van der Waals surface area contributed by atoms with Crippen LogP contribution >= 0.6 is 0 Å². The maximum absolute atomic E-state index is 13.0. The van der Waals surface area contributed by atoms with Crippen molar-refractivity contribution in [2.24, 2.45) is 5.92 Å². The molecule has 1 unspecified atom stereocenters. The maximum Gasteiger partial charge on any atom is 0.303 e. The summed E-state index contributed by atoms with van der Waals surface area (Å²) in [5.74, 6) is -0.933. The van der Waals surface area contributed by atoms with Gasteiger partial charge in [-0.15, -0.1) is 0 Å². The molecule has 0 fully saturated rings. The van der Waals surface area contributed by atoms with E-state index in [0.29, 0.717) is 13.1 Å². The highest BCUT2D eigenvalue weighted by atomic mass is 19.1. The molecule has 0 aliphatic rings. The number of hydrogen-bond acceptors (Lipinski definition) is 2.